The van der Waals surface area contributed by atoms with Gasteiger partial charge < -0.3 is 10.2 Å². The molecular weight excluding hydrogens is 417 g/mol. The maximum Gasteiger partial charge on any atom is 0.193 e. The number of likely N-dealkylation sites (tertiary alicyclic amines) is 1. The second-order valence-electron chi connectivity index (χ2n) is 6.20. The summed E-state index contributed by atoms with van der Waals surface area (Å²) in [6.45, 7) is 7.74. The number of nitrogens with one attached hydrogen (secondary N) is 1. The SMILES string of the molecule is CN=C(NCC(C)SC)N1CCC(c2ccccc2)C(C)C1.I. The third-order valence-electron chi connectivity index (χ3n) is 4.59. The molecule has 0 saturated carbocycles. The van der Waals surface area contributed by atoms with E-state index in [0.717, 1.165) is 25.6 Å². The Morgan fingerprint density at radius 3 is 2.65 bits per heavy atom. The molecule has 1 aliphatic heterocycles. The monoisotopic (exact) mass is 447 g/mol. The minimum absolute atomic E-state index is 0. The van der Waals surface area contributed by atoms with Gasteiger partial charge in [-0.05, 0) is 30.1 Å². The molecule has 0 aromatic heterocycles. The van der Waals surface area contributed by atoms with Gasteiger partial charge in [-0.1, -0.05) is 44.2 Å². The predicted molar refractivity (Wildman–Crippen MR) is 114 cm³/mol. The van der Waals surface area contributed by atoms with Crippen molar-refractivity contribution in [1.82, 2.24) is 10.2 Å². The van der Waals surface area contributed by atoms with Gasteiger partial charge in [-0.2, -0.15) is 11.8 Å². The quantitative estimate of drug-likeness (QED) is 0.429. The van der Waals surface area contributed by atoms with Crippen molar-refractivity contribution in [3.05, 3.63) is 35.9 Å². The van der Waals surface area contributed by atoms with Gasteiger partial charge in [0.15, 0.2) is 5.96 Å². The normalized spacial score (nSPS) is 23.1. The van der Waals surface area contributed by atoms with E-state index in [1.54, 1.807) is 0 Å². The lowest BCUT2D eigenvalue weighted by Gasteiger charge is -2.39. The highest BCUT2D eigenvalue weighted by Gasteiger charge is 2.28. The standard InChI is InChI=1S/C18H29N3S.HI/c1-14-13-21(18(19-3)20-12-15(2)22-4)11-10-17(14)16-8-6-5-7-9-16;/h5-9,14-15,17H,10-13H2,1-4H3,(H,19,20);1H. The fourth-order valence-electron chi connectivity index (χ4n) is 3.18. The molecule has 1 N–H and O–H groups in total. The lowest BCUT2D eigenvalue weighted by Crippen LogP contribution is -2.49. The van der Waals surface area contributed by atoms with Crippen molar-refractivity contribution in [2.24, 2.45) is 10.9 Å². The van der Waals surface area contributed by atoms with Crippen molar-refractivity contribution in [3.63, 3.8) is 0 Å². The molecule has 0 aliphatic carbocycles. The van der Waals surface area contributed by atoms with Crippen LogP contribution in [0.15, 0.2) is 35.3 Å². The molecular formula is C18H30IN3S. The van der Waals surface area contributed by atoms with Crippen LogP contribution in [0.5, 0.6) is 0 Å². The first kappa shape index (κ1) is 20.6. The molecule has 3 nitrogen and oxygen atoms in total. The van der Waals surface area contributed by atoms with Gasteiger partial charge in [0, 0.05) is 31.9 Å². The fraction of sp³-hybridized carbons (Fsp3) is 0.611. The van der Waals surface area contributed by atoms with Gasteiger partial charge in [0.25, 0.3) is 0 Å². The second-order valence-corrected chi connectivity index (χ2v) is 7.48. The molecule has 1 aromatic carbocycles. The van der Waals surface area contributed by atoms with Crippen LogP contribution in [0.25, 0.3) is 0 Å². The van der Waals surface area contributed by atoms with E-state index in [-0.39, 0.29) is 24.0 Å². The molecule has 1 aliphatic rings. The van der Waals surface area contributed by atoms with E-state index in [1.165, 1.54) is 12.0 Å². The number of thioether (sulfide) groups is 1. The Morgan fingerprint density at radius 1 is 1.39 bits per heavy atom. The number of nitrogens with zero attached hydrogens (tertiary/aromatic N) is 2. The van der Waals surface area contributed by atoms with E-state index < -0.39 is 0 Å². The zero-order valence-corrected chi connectivity index (χ0v) is 17.8. The Balaban J connectivity index is 0.00000264. The van der Waals surface area contributed by atoms with Crippen LogP contribution >= 0.6 is 35.7 Å². The van der Waals surface area contributed by atoms with Crippen LogP contribution in [0.2, 0.25) is 0 Å². The van der Waals surface area contributed by atoms with E-state index in [9.17, 15) is 0 Å². The van der Waals surface area contributed by atoms with Gasteiger partial charge >= 0.3 is 0 Å². The highest BCUT2D eigenvalue weighted by Crippen LogP contribution is 2.32. The van der Waals surface area contributed by atoms with Gasteiger partial charge in [-0.15, -0.1) is 24.0 Å². The van der Waals surface area contributed by atoms with Crippen molar-refractivity contribution in [1.29, 1.82) is 0 Å². The molecule has 2 rings (SSSR count). The summed E-state index contributed by atoms with van der Waals surface area (Å²) in [5.74, 6) is 2.37. The number of halogens is 1. The summed E-state index contributed by atoms with van der Waals surface area (Å²) >= 11 is 1.89. The van der Waals surface area contributed by atoms with E-state index >= 15 is 0 Å². The Kier molecular flexibility index (Phi) is 9.36. The third-order valence-corrected chi connectivity index (χ3v) is 5.57. The Labute approximate surface area is 162 Å². The molecule has 0 radical (unpaired) electrons. The summed E-state index contributed by atoms with van der Waals surface area (Å²) in [6, 6.07) is 10.9. The average molecular weight is 447 g/mol. The van der Waals surface area contributed by atoms with Crippen molar-refractivity contribution in [2.45, 2.75) is 31.4 Å². The summed E-state index contributed by atoms with van der Waals surface area (Å²) in [5, 5.41) is 4.13. The number of hydrogen-bond donors (Lipinski definition) is 1. The Bertz CT molecular complexity index is 480. The van der Waals surface area contributed by atoms with Crippen LogP contribution in [0, 0.1) is 5.92 Å². The summed E-state index contributed by atoms with van der Waals surface area (Å²) < 4.78 is 0. The van der Waals surface area contributed by atoms with Crippen LogP contribution in [0.4, 0.5) is 0 Å². The minimum atomic E-state index is 0. The van der Waals surface area contributed by atoms with E-state index in [1.807, 2.05) is 18.8 Å². The first-order chi connectivity index (χ1) is 10.7. The van der Waals surface area contributed by atoms with E-state index in [2.05, 4.69) is 65.6 Å². The summed E-state index contributed by atoms with van der Waals surface area (Å²) in [4.78, 5) is 6.89. The molecule has 23 heavy (non-hydrogen) atoms. The second kappa shape index (κ2) is 10.4. The molecule has 1 heterocycles. The zero-order chi connectivity index (χ0) is 15.9. The maximum atomic E-state index is 4.47. The zero-order valence-electron chi connectivity index (χ0n) is 14.7. The molecule has 0 bridgehead atoms. The predicted octanol–water partition coefficient (Wildman–Crippen LogP) is 4.06. The third kappa shape index (κ3) is 5.85. The van der Waals surface area contributed by atoms with Gasteiger partial charge in [-0.3, -0.25) is 4.99 Å². The smallest absolute Gasteiger partial charge is 0.193 e. The Hall–Kier alpha value is -0.430. The Morgan fingerprint density at radius 2 is 2.09 bits per heavy atom. The van der Waals surface area contributed by atoms with Crippen molar-refractivity contribution in [3.8, 4) is 0 Å². The number of piperidine rings is 1. The first-order valence-corrected chi connectivity index (χ1v) is 9.47. The largest absolute Gasteiger partial charge is 0.355 e. The van der Waals surface area contributed by atoms with Crippen LogP contribution in [0.3, 0.4) is 0 Å². The number of rotatable bonds is 4. The number of aliphatic imine (C=N–C) groups is 1. The molecule has 0 spiro atoms. The van der Waals surface area contributed by atoms with Crippen molar-refractivity contribution < 1.29 is 0 Å². The minimum Gasteiger partial charge on any atom is -0.355 e. The summed E-state index contributed by atoms with van der Waals surface area (Å²) in [6.07, 6.45) is 3.35. The molecule has 130 valence electrons. The number of benzene rings is 1. The molecule has 1 fully saturated rings. The van der Waals surface area contributed by atoms with Crippen LogP contribution < -0.4 is 5.32 Å². The highest BCUT2D eigenvalue weighted by molar-refractivity contribution is 14.0. The summed E-state index contributed by atoms with van der Waals surface area (Å²) in [5.41, 5.74) is 1.48. The fourth-order valence-corrected chi connectivity index (χ4v) is 3.43. The van der Waals surface area contributed by atoms with Gasteiger partial charge in [-0.25, -0.2) is 0 Å². The highest BCUT2D eigenvalue weighted by atomic mass is 127. The molecule has 3 unspecified atom stereocenters. The van der Waals surface area contributed by atoms with Crippen LogP contribution in [-0.4, -0.2) is 49.0 Å². The van der Waals surface area contributed by atoms with Gasteiger partial charge in [0.1, 0.15) is 0 Å². The maximum absolute atomic E-state index is 4.47. The molecule has 1 saturated heterocycles. The van der Waals surface area contributed by atoms with E-state index in [4.69, 9.17) is 0 Å². The van der Waals surface area contributed by atoms with Crippen molar-refractivity contribution in [2.75, 3.05) is 32.9 Å². The molecule has 0 amide bonds. The average Bonchev–Trinajstić information content (AvgIpc) is 2.56. The van der Waals surface area contributed by atoms with Gasteiger partial charge in [0.05, 0.1) is 0 Å². The topological polar surface area (TPSA) is 27.6 Å². The van der Waals surface area contributed by atoms with Gasteiger partial charge in [0.2, 0.25) is 0 Å². The van der Waals surface area contributed by atoms with Crippen LogP contribution in [-0.2, 0) is 0 Å². The van der Waals surface area contributed by atoms with E-state index in [0.29, 0.717) is 17.1 Å². The lowest BCUT2D eigenvalue weighted by atomic mass is 9.82. The lowest BCUT2D eigenvalue weighted by molar-refractivity contribution is 0.234. The molecule has 3 atom stereocenters. The first-order valence-electron chi connectivity index (χ1n) is 8.19. The summed E-state index contributed by atoms with van der Waals surface area (Å²) in [7, 11) is 1.89. The van der Waals surface area contributed by atoms with Crippen LogP contribution in [0.1, 0.15) is 31.7 Å². The number of hydrogen-bond acceptors (Lipinski definition) is 2. The molecule has 5 heteroatoms. The van der Waals surface area contributed by atoms with Crippen molar-refractivity contribution >= 4 is 41.7 Å². The number of guanidine groups is 1. The molecule has 1 aromatic rings.